The summed E-state index contributed by atoms with van der Waals surface area (Å²) in [5.41, 5.74) is 0. The number of carbonyl (C=O) groups excluding carboxylic acids is 2. The first-order valence-corrected chi connectivity index (χ1v) is 7.79. The third-order valence-corrected chi connectivity index (χ3v) is 3.07. The third-order valence-electron chi connectivity index (χ3n) is 2.52. The Morgan fingerprint density at radius 2 is 2.10 bits per heavy atom. The maximum atomic E-state index is 11.6. The highest BCUT2D eigenvalue weighted by Gasteiger charge is 2.05. The van der Waals surface area contributed by atoms with Crippen LogP contribution >= 0.6 is 22.6 Å². The third kappa shape index (κ3) is 7.46. The lowest BCUT2D eigenvalue weighted by atomic mass is 10.3. The van der Waals surface area contributed by atoms with Gasteiger partial charge in [-0.25, -0.2) is 0 Å². The predicted molar refractivity (Wildman–Crippen MR) is 85.1 cm³/mol. The number of nitrogens with one attached hydrogen (secondary N) is 2. The van der Waals surface area contributed by atoms with Crippen molar-refractivity contribution in [1.29, 1.82) is 0 Å². The van der Waals surface area contributed by atoms with Crippen molar-refractivity contribution in [3.63, 3.8) is 0 Å². The molecule has 0 fully saturated rings. The van der Waals surface area contributed by atoms with E-state index in [2.05, 4.69) is 38.3 Å². The maximum absolute atomic E-state index is 11.6. The number of hydrogen-bond donors (Lipinski definition) is 2. The van der Waals surface area contributed by atoms with Crippen LogP contribution in [0, 0.1) is 3.57 Å². The van der Waals surface area contributed by atoms with Gasteiger partial charge in [-0.15, -0.1) is 0 Å². The SMILES string of the molecule is CC(C)NC(=O)CCNC(=O)CCCn1cc(I)cn1. The van der Waals surface area contributed by atoms with Crippen LogP contribution in [0.3, 0.4) is 0 Å². The lowest BCUT2D eigenvalue weighted by Crippen LogP contribution is -2.34. The molecule has 0 bridgehead atoms. The summed E-state index contributed by atoms with van der Waals surface area (Å²) in [5.74, 6) is -0.0596. The Kier molecular flexibility index (Phi) is 7.56. The van der Waals surface area contributed by atoms with E-state index >= 15 is 0 Å². The van der Waals surface area contributed by atoms with Gasteiger partial charge >= 0.3 is 0 Å². The van der Waals surface area contributed by atoms with Crippen molar-refractivity contribution in [2.24, 2.45) is 0 Å². The van der Waals surface area contributed by atoms with Gasteiger partial charge in [0.15, 0.2) is 0 Å². The minimum absolute atomic E-state index is 0.0239. The molecule has 0 saturated carbocycles. The molecule has 112 valence electrons. The molecular formula is C13H21IN4O2. The lowest BCUT2D eigenvalue weighted by Gasteiger charge is -2.09. The van der Waals surface area contributed by atoms with E-state index in [1.54, 1.807) is 6.20 Å². The molecule has 0 aliphatic rings. The monoisotopic (exact) mass is 392 g/mol. The quantitative estimate of drug-likeness (QED) is 0.655. The molecule has 0 aromatic carbocycles. The summed E-state index contributed by atoms with van der Waals surface area (Å²) < 4.78 is 2.91. The highest BCUT2D eigenvalue weighted by atomic mass is 127. The minimum Gasteiger partial charge on any atom is -0.356 e. The topological polar surface area (TPSA) is 76.0 Å². The van der Waals surface area contributed by atoms with Gasteiger partial charge in [-0.3, -0.25) is 14.3 Å². The molecule has 0 saturated heterocycles. The molecule has 0 radical (unpaired) electrons. The van der Waals surface area contributed by atoms with E-state index in [9.17, 15) is 9.59 Å². The van der Waals surface area contributed by atoms with Crippen LogP contribution in [-0.2, 0) is 16.1 Å². The van der Waals surface area contributed by atoms with E-state index in [0.29, 0.717) is 19.4 Å². The molecule has 7 heteroatoms. The number of nitrogens with zero attached hydrogens (tertiary/aromatic N) is 2. The molecule has 1 rings (SSSR count). The molecular weight excluding hydrogens is 371 g/mol. The van der Waals surface area contributed by atoms with Gasteiger partial charge in [0.2, 0.25) is 11.8 Å². The summed E-state index contributed by atoms with van der Waals surface area (Å²) in [5, 5.41) is 9.68. The van der Waals surface area contributed by atoms with Gasteiger partial charge in [-0.05, 0) is 42.9 Å². The van der Waals surface area contributed by atoms with E-state index in [1.807, 2.05) is 24.7 Å². The Bertz CT molecular complexity index is 445. The number of hydrogen-bond acceptors (Lipinski definition) is 3. The minimum atomic E-state index is -0.0357. The second-order valence-electron chi connectivity index (χ2n) is 4.85. The van der Waals surface area contributed by atoms with E-state index in [-0.39, 0.29) is 17.9 Å². The summed E-state index contributed by atoms with van der Waals surface area (Å²) >= 11 is 2.20. The van der Waals surface area contributed by atoms with Crippen molar-refractivity contribution in [3.05, 3.63) is 16.0 Å². The van der Waals surface area contributed by atoms with E-state index in [0.717, 1.165) is 16.5 Å². The first kappa shape index (κ1) is 16.9. The predicted octanol–water partition coefficient (Wildman–Crippen LogP) is 1.30. The van der Waals surface area contributed by atoms with Gasteiger partial charge in [0.25, 0.3) is 0 Å². The first-order valence-electron chi connectivity index (χ1n) is 6.71. The molecule has 1 aromatic rings. The Balaban J connectivity index is 2.07. The lowest BCUT2D eigenvalue weighted by molar-refractivity contribution is -0.122. The number of aromatic nitrogens is 2. The molecule has 2 amide bonds. The van der Waals surface area contributed by atoms with Crippen molar-refractivity contribution in [2.75, 3.05) is 6.54 Å². The van der Waals surface area contributed by atoms with Gasteiger partial charge < -0.3 is 10.6 Å². The fourth-order valence-corrected chi connectivity index (χ4v) is 2.11. The van der Waals surface area contributed by atoms with E-state index < -0.39 is 0 Å². The van der Waals surface area contributed by atoms with Crippen LogP contribution in [0.15, 0.2) is 12.4 Å². The van der Waals surface area contributed by atoms with E-state index in [1.165, 1.54) is 0 Å². The second-order valence-corrected chi connectivity index (χ2v) is 6.09. The molecule has 0 spiro atoms. The van der Waals surface area contributed by atoms with Crippen molar-refractivity contribution in [3.8, 4) is 0 Å². The van der Waals surface area contributed by atoms with Crippen LogP contribution in [0.2, 0.25) is 0 Å². The molecule has 0 aliphatic carbocycles. The highest BCUT2D eigenvalue weighted by Crippen LogP contribution is 2.02. The van der Waals surface area contributed by atoms with Crippen molar-refractivity contribution in [1.82, 2.24) is 20.4 Å². The largest absolute Gasteiger partial charge is 0.356 e. The Hall–Kier alpha value is -1.12. The van der Waals surface area contributed by atoms with Gasteiger partial charge in [0.1, 0.15) is 0 Å². The smallest absolute Gasteiger partial charge is 0.221 e. The van der Waals surface area contributed by atoms with E-state index in [4.69, 9.17) is 0 Å². The van der Waals surface area contributed by atoms with Gasteiger partial charge in [0, 0.05) is 38.2 Å². The van der Waals surface area contributed by atoms with Crippen molar-refractivity contribution < 1.29 is 9.59 Å². The van der Waals surface area contributed by atoms with Crippen molar-refractivity contribution in [2.45, 2.75) is 45.7 Å². The maximum Gasteiger partial charge on any atom is 0.221 e. The molecule has 1 aromatic heterocycles. The first-order chi connectivity index (χ1) is 9.47. The molecule has 0 aliphatic heterocycles. The number of carbonyl (C=O) groups is 2. The van der Waals surface area contributed by atoms with Gasteiger partial charge in [-0.1, -0.05) is 0 Å². The summed E-state index contributed by atoms with van der Waals surface area (Å²) in [6.45, 7) is 4.93. The zero-order valence-corrected chi connectivity index (χ0v) is 14.0. The number of halogens is 1. The number of amides is 2. The standard InChI is InChI=1S/C13H21IN4O2/c1-10(2)17-13(20)5-6-15-12(19)4-3-7-18-9-11(14)8-16-18/h8-10H,3-7H2,1-2H3,(H,15,19)(H,17,20). The number of rotatable bonds is 8. The van der Waals surface area contributed by atoms with Gasteiger partial charge in [0.05, 0.1) is 9.77 Å². The van der Waals surface area contributed by atoms with Crippen LogP contribution in [-0.4, -0.2) is 34.2 Å². The molecule has 20 heavy (non-hydrogen) atoms. The average molecular weight is 392 g/mol. The summed E-state index contributed by atoms with van der Waals surface area (Å²) in [7, 11) is 0. The van der Waals surface area contributed by atoms with Crippen LogP contribution in [0.5, 0.6) is 0 Å². The Morgan fingerprint density at radius 3 is 2.70 bits per heavy atom. The normalized spacial score (nSPS) is 10.6. The average Bonchev–Trinajstić information content (AvgIpc) is 2.74. The fourth-order valence-electron chi connectivity index (χ4n) is 1.66. The molecule has 0 atom stereocenters. The summed E-state index contributed by atoms with van der Waals surface area (Å²) in [6, 6.07) is 0.134. The van der Waals surface area contributed by atoms with Crippen LogP contribution in [0.1, 0.15) is 33.1 Å². The second kappa shape index (κ2) is 8.93. The Labute approximate surface area is 132 Å². The zero-order chi connectivity index (χ0) is 15.0. The molecule has 1 heterocycles. The summed E-state index contributed by atoms with van der Waals surface area (Å²) in [6.07, 6.45) is 5.23. The van der Waals surface area contributed by atoms with Crippen LogP contribution < -0.4 is 10.6 Å². The van der Waals surface area contributed by atoms with Crippen LogP contribution in [0.4, 0.5) is 0 Å². The van der Waals surface area contributed by atoms with Gasteiger partial charge in [-0.2, -0.15) is 5.10 Å². The Morgan fingerprint density at radius 1 is 1.35 bits per heavy atom. The van der Waals surface area contributed by atoms with Crippen molar-refractivity contribution >= 4 is 34.4 Å². The molecule has 2 N–H and O–H groups in total. The molecule has 0 unspecified atom stereocenters. The highest BCUT2D eigenvalue weighted by molar-refractivity contribution is 14.1. The molecule has 6 nitrogen and oxygen atoms in total. The fraction of sp³-hybridized carbons (Fsp3) is 0.615. The number of aryl methyl sites for hydroxylation is 1. The summed E-state index contributed by atoms with van der Waals surface area (Å²) in [4.78, 5) is 22.9. The zero-order valence-electron chi connectivity index (χ0n) is 11.9. The van der Waals surface area contributed by atoms with Crippen LogP contribution in [0.25, 0.3) is 0 Å².